The summed E-state index contributed by atoms with van der Waals surface area (Å²) >= 11 is 0. The third kappa shape index (κ3) is 3.44. The summed E-state index contributed by atoms with van der Waals surface area (Å²) in [5, 5.41) is 3.53. The van der Waals surface area contributed by atoms with E-state index < -0.39 is 0 Å². The molecule has 2 unspecified atom stereocenters. The van der Waals surface area contributed by atoms with Gasteiger partial charge in [-0.1, -0.05) is 20.3 Å². The van der Waals surface area contributed by atoms with Crippen LogP contribution in [0.5, 0.6) is 0 Å². The lowest BCUT2D eigenvalue weighted by molar-refractivity contribution is -0.207. The van der Waals surface area contributed by atoms with Crippen molar-refractivity contribution >= 4 is 0 Å². The lowest BCUT2D eigenvalue weighted by Crippen LogP contribution is -2.52. The van der Waals surface area contributed by atoms with Crippen molar-refractivity contribution in [2.45, 2.75) is 63.9 Å². The van der Waals surface area contributed by atoms with Gasteiger partial charge in [0.25, 0.3) is 0 Å². The molecule has 0 aromatic carbocycles. The Morgan fingerprint density at radius 3 is 2.72 bits per heavy atom. The fourth-order valence-corrected chi connectivity index (χ4v) is 2.92. The molecule has 0 bridgehead atoms. The topological polar surface area (TPSA) is 39.7 Å². The summed E-state index contributed by atoms with van der Waals surface area (Å²) in [6.07, 6.45) is 5.46. The second-order valence-corrected chi connectivity index (χ2v) is 5.28. The first-order valence-corrected chi connectivity index (χ1v) is 7.42. The average molecular weight is 257 g/mol. The fraction of sp³-hybridized carbons (Fsp3) is 1.00. The number of rotatable bonds is 6. The van der Waals surface area contributed by atoms with E-state index in [9.17, 15) is 0 Å². The molecule has 18 heavy (non-hydrogen) atoms. The molecule has 1 N–H and O–H groups in total. The van der Waals surface area contributed by atoms with E-state index in [-0.39, 0.29) is 11.9 Å². The highest BCUT2D eigenvalue weighted by molar-refractivity contribution is 4.92. The number of likely N-dealkylation sites (N-methyl/N-ethyl adjacent to an activating group) is 1. The normalized spacial score (nSPS) is 31.0. The third-order valence-electron chi connectivity index (χ3n) is 3.91. The molecule has 2 aliphatic rings. The second-order valence-electron chi connectivity index (χ2n) is 5.28. The summed E-state index contributed by atoms with van der Waals surface area (Å²) in [6, 6.07) is 0.449. The van der Waals surface area contributed by atoms with Gasteiger partial charge >= 0.3 is 0 Å². The maximum absolute atomic E-state index is 6.05. The summed E-state index contributed by atoms with van der Waals surface area (Å²) in [5.74, 6) is -0.344. The number of hydrogen-bond donors (Lipinski definition) is 1. The van der Waals surface area contributed by atoms with Crippen LogP contribution in [0.15, 0.2) is 0 Å². The van der Waals surface area contributed by atoms with E-state index in [0.717, 1.165) is 52.0 Å². The summed E-state index contributed by atoms with van der Waals surface area (Å²) in [6.45, 7) is 7.64. The van der Waals surface area contributed by atoms with Crippen molar-refractivity contribution in [1.29, 1.82) is 0 Å². The number of unbranched alkanes of at least 4 members (excludes halogenated alkanes) is 1. The van der Waals surface area contributed by atoms with Crippen LogP contribution >= 0.6 is 0 Å². The maximum atomic E-state index is 6.05. The van der Waals surface area contributed by atoms with Gasteiger partial charge in [0.1, 0.15) is 0 Å². The van der Waals surface area contributed by atoms with Gasteiger partial charge in [0.2, 0.25) is 0 Å². The molecule has 1 heterocycles. The summed E-state index contributed by atoms with van der Waals surface area (Å²) < 4.78 is 17.7. The Morgan fingerprint density at radius 2 is 2.06 bits per heavy atom. The van der Waals surface area contributed by atoms with E-state index in [4.69, 9.17) is 14.2 Å². The van der Waals surface area contributed by atoms with E-state index >= 15 is 0 Å². The molecule has 2 atom stereocenters. The Morgan fingerprint density at radius 1 is 1.28 bits per heavy atom. The molecule has 1 spiro atoms. The molecule has 1 aliphatic heterocycles. The molecule has 1 saturated carbocycles. The van der Waals surface area contributed by atoms with E-state index in [2.05, 4.69) is 19.2 Å². The quantitative estimate of drug-likeness (QED) is 0.740. The van der Waals surface area contributed by atoms with Gasteiger partial charge in [-0.2, -0.15) is 0 Å². The minimum atomic E-state index is -0.344. The molecular formula is C14H27NO3. The van der Waals surface area contributed by atoms with E-state index in [1.54, 1.807) is 0 Å². The summed E-state index contributed by atoms with van der Waals surface area (Å²) in [5.41, 5.74) is 0. The third-order valence-corrected chi connectivity index (χ3v) is 3.91. The molecule has 106 valence electrons. The molecule has 0 radical (unpaired) electrons. The molecule has 2 fully saturated rings. The van der Waals surface area contributed by atoms with Crippen LogP contribution in [0.1, 0.15) is 46.0 Å². The number of nitrogens with one attached hydrogen (secondary N) is 1. The standard InChI is InChI=1S/C14H27NO3/c1-3-5-8-16-13-11-14(17-9-10-18-14)7-6-12(13)15-4-2/h12-13,15H,3-11H2,1-2H3. The smallest absolute Gasteiger partial charge is 0.171 e. The Labute approximate surface area is 110 Å². The zero-order valence-corrected chi connectivity index (χ0v) is 11.7. The SMILES string of the molecule is CCCCOC1CC2(CCC1NCC)OCCO2. The fourth-order valence-electron chi connectivity index (χ4n) is 2.92. The Balaban J connectivity index is 1.89. The average Bonchev–Trinajstić information content (AvgIpc) is 2.82. The molecule has 1 saturated heterocycles. The van der Waals surface area contributed by atoms with E-state index in [1.807, 2.05) is 0 Å². The lowest BCUT2D eigenvalue weighted by atomic mass is 9.87. The second kappa shape index (κ2) is 6.85. The lowest BCUT2D eigenvalue weighted by Gasteiger charge is -2.41. The van der Waals surface area contributed by atoms with Crippen molar-refractivity contribution in [3.05, 3.63) is 0 Å². The summed E-state index contributed by atoms with van der Waals surface area (Å²) in [4.78, 5) is 0. The zero-order chi connectivity index (χ0) is 12.8. The van der Waals surface area contributed by atoms with Crippen LogP contribution < -0.4 is 5.32 Å². The van der Waals surface area contributed by atoms with Crippen LogP contribution in [-0.2, 0) is 14.2 Å². The Kier molecular flexibility index (Phi) is 5.42. The van der Waals surface area contributed by atoms with Gasteiger partial charge in [-0.15, -0.1) is 0 Å². The molecular weight excluding hydrogens is 230 g/mol. The number of ether oxygens (including phenoxy) is 3. The maximum Gasteiger partial charge on any atom is 0.171 e. The van der Waals surface area contributed by atoms with Gasteiger partial charge < -0.3 is 19.5 Å². The van der Waals surface area contributed by atoms with Crippen molar-refractivity contribution in [2.24, 2.45) is 0 Å². The zero-order valence-electron chi connectivity index (χ0n) is 11.7. The molecule has 1 aliphatic carbocycles. The molecule has 4 heteroatoms. The van der Waals surface area contributed by atoms with Crippen LogP contribution in [0, 0.1) is 0 Å². The minimum absolute atomic E-state index is 0.225. The molecule has 0 amide bonds. The van der Waals surface area contributed by atoms with Gasteiger partial charge in [0.15, 0.2) is 5.79 Å². The van der Waals surface area contributed by atoms with E-state index in [0.29, 0.717) is 6.04 Å². The molecule has 0 aromatic heterocycles. The first kappa shape index (κ1) is 14.3. The van der Waals surface area contributed by atoms with Crippen LogP contribution in [0.3, 0.4) is 0 Å². The van der Waals surface area contributed by atoms with Gasteiger partial charge in [-0.3, -0.25) is 0 Å². The predicted molar refractivity (Wildman–Crippen MR) is 70.6 cm³/mol. The van der Waals surface area contributed by atoms with Crippen molar-refractivity contribution in [1.82, 2.24) is 5.32 Å². The summed E-state index contributed by atoms with van der Waals surface area (Å²) in [7, 11) is 0. The largest absolute Gasteiger partial charge is 0.376 e. The van der Waals surface area contributed by atoms with Gasteiger partial charge in [0, 0.05) is 25.5 Å². The van der Waals surface area contributed by atoms with Crippen LogP contribution in [0.2, 0.25) is 0 Å². The van der Waals surface area contributed by atoms with Gasteiger partial charge in [-0.25, -0.2) is 0 Å². The first-order valence-electron chi connectivity index (χ1n) is 7.42. The first-order chi connectivity index (χ1) is 8.79. The van der Waals surface area contributed by atoms with Crippen molar-refractivity contribution in [3.8, 4) is 0 Å². The monoisotopic (exact) mass is 257 g/mol. The Bertz CT molecular complexity index is 241. The Hall–Kier alpha value is -0.160. The van der Waals surface area contributed by atoms with Gasteiger partial charge in [0.05, 0.1) is 19.3 Å². The highest BCUT2D eigenvalue weighted by Crippen LogP contribution is 2.37. The number of hydrogen-bond acceptors (Lipinski definition) is 4. The van der Waals surface area contributed by atoms with E-state index in [1.165, 1.54) is 6.42 Å². The van der Waals surface area contributed by atoms with Crippen molar-refractivity contribution in [2.75, 3.05) is 26.4 Å². The van der Waals surface area contributed by atoms with Gasteiger partial charge in [-0.05, 0) is 19.4 Å². The van der Waals surface area contributed by atoms with Crippen LogP contribution in [0.25, 0.3) is 0 Å². The molecule has 0 aromatic rings. The van der Waals surface area contributed by atoms with Crippen LogP contribution in [-0.4, -0.2) is 44.3 Å². The minimum Gasteiger partial charge on any atom is -0.376 e. The van der Waals surface area contributed by atoms with Crippen LogP contribution in [0.4, 0.5) is 0 Å². The predicted octanol–water partition coefficient (Wildman–Crippen LogP) is 2.08. The van der Waals surface area contributed by atoms with Crippen molar-refractivity contribution < 1.29 is 14.2 Å². The molecule has 4 nitrogen and oxygen atoms in total. The van der Waals surface area contributed by atoms with Crippen molar-refractivity contribution in [3.63, 3.8) is 0 Å². The highest BCUT2D eigenvalue weighted by atomic mass is 16.7. The highest BCUT2D eigenvalue weighted by Gasteiger charge is 2.45. The molecule has 2 rings (SSSR count).